The fraction of sp³-hybridized carbons (Fsp3) is 0.636. The molecular formula is C11H19N3OS. The zero-order valence-electron chi connectivity index (χ0n) is 10.0. The molecule has 1 aromatic rings. The largest absolute Gasteiger partial charge is 0.391 e. The first kappa shape index (κ1) is 13.3. The molecule has 0 bridgehead atoms. The molecule has 0 saturated heterocycles. The third-order valence-corrected chi connectivity index (χ3v) is 3.07. The van der Waals surface area contributed by atoms with Crippen molar-refractivity contribution in [3.8, 4) is 0 Å². The van der Waals surface area contributed by atoms with Gasteiger partial charge in [-0.25, -0.2) is 9.97 Å². The van der Waals surface area contributed by atoms with Gasteiger partial charge in [-0.1, -0.05) is 32.0 Å². The molecule has 0 aliphatic rings. The molecule has 0 spiro atoms. The Kier molecular flexibility index (Phi) is 5.55. The summed E-state index contributed by atoms with van der Waals surface area (Å²) in [6.07, 6.45) is 4.74. The maximum Gasteiger partial charge on any atom is 0.189 e. The highest BCUT2D eigenvalue weighted by Gasteiger charge is 2.07. The average molecular weight is 241 g/mol. The first-order valence-electron chi connectivity index (χ1n) is 5.45. The van der Waals surface area contributed by atoms with E-state index in [0.29, 0.717) is 5.92 Å². The van der Waals surface area contributed by atoms with Gasteiger partial charge in [0.2, 0.25) is 0 Å². The van der Waals surface area contributed by atoms with Crippen molar-refractivity contribution in [3.05, 3.63) is 11.8 Å². The number of rotatable bonds is 6. The molecule has 5 heteroatoms. The lowest BCUT2D eigenvalue weighted by molar-refractivity contribution is 0.281. The summed E-state index contributed by atoms with van der Waals surface area (Å²) in [4.78, 5) is 8.48. The van der Waals surface area contributed by atoms with E-state index in [2.05, 4.69) is 29.1 Å². The molecule has 1 atom stereocenters. The van der Waals surface area contributed by atoms with Crippen molar-refractivity contribution in [2.24, 2.45) is 5.92 Å². The van der Waals surface area contributed by atoms with Crippen LogP contribution in [0, 0.1) is 5.92 Å². The minimum atomic E-state index is -0.0303. The van der Waals surface area contributed by atoms with Crippen molar-refractivity contribution in [1.82, 2.24) is 9.97 Å². The molecule has 0 saturated carbocycles. The van der Waals surface area contributed by atoms with E-state index >= 15 is 0 Å². The van der Waals surface area contributed by atoms with Crippen LogP contribution in [0.3, 0.4) is 0 Å². The second-order valence-corrected chi connectivity index (χ2v) is 4.56. The predicted octanol–water partition coefficient (Wildman–Crippen LogP) is 2.15. The van der Waals surface area contributed by atoms with Gasteiger partial charge in [0.15, 0.2) is 5.16 Å². The van der Waals surface area contributed by atoms with Gasteiger partial charge in [-0.05, 0) is 12.2 Å². The lowest BCUT2D eigenvalue weighted by Crippen LogP contribution is -2.13. The SMILES string of the molecule is CCC(C)CNc1nc(SC)ncc1CO. The summed E-state index contributed by atoms with van der Waals surface area (Å²) >= 11 is 1.50. The monoisotopic (exact) mass is 241 g/mol. The molecule has 16 heavy (non-hydrogen) atoms. The molecule has 2 N–H and O–H groups in total. The number of hydrogen-bond acceptors (Lipinski definition) is 5. The van der Waals surface area contributed by atoms with Gasteiger partial charge in [0.05, 0.1) is 6.61 Å². The summed E-state index contributed by atoms with van der Waals surface area (Å²) in [7, 11) is 0. The van der Waals surface area contributed by atoms with Crippen LogP contribution in [0.2, 0.25) is 0 Å². The molecule has 0 fully saturated rings. The predicted molar refractivity (Wildman–Crippen MR) is 67.7 cm³/mol. The summed E-state index contributed by atoms with van der Waals surface area (Å²) in [6, 6.07) is 0. The fourth-order valence-corrected chi connectivity index (χ4v) is 1.51. The summed E-state index contributed by atoms with van der Waals surface area (Å²) in [6.45, 7) is 5.18. The Balaban J connectivity index is 2.75. The standard InChI is InChI=1S/C11H19N3OS/c1-4-8(2)5-12-10-9(7-15)6-13-11(14-10)16-3/h6,8,15H,4-5,7H2,1-3H3,(H,12,13,14). The smallest absolute Gasteiger partial charge is 0.189 e. The molecule has 1 unspecified atom stereocenters. The van der Waals surface area contributed by atoms with E-state index in [-0.39, 0.29) is 6.61 Å². The van der Waals surface area contributed by atoms with Crippen LogP contribution in [-0.2, 0) is 6.61 Å². The molecular weight excluding hydrogens is 222 g/mol. The molecule has 0 aliphatic carbocycles. The van der Waals surface area contributed by atoms with Gasteiger partial charge in [0.25, 0.3) is 0 Å². The zero-order chi connectivity index (χ0) is 12.0. The third-order valence-electron chi connectivity index (χ3n) is 2.51. The highest BCUT2D eigenvalue weighted by molar-refractivity contribution is 7.98. The second kappa shape index (κ2) is 6.70. The number of aliphatic hydroxyl groups is 1. The number of anilines is 1. The fourth-order valence-electron chi connectivity index (χ4n) is 1.17. The average Bonchev–Trinajstić information content (AvgIpc) is 2.35. The summed E-state index contributed by atoms with van der Waals surface area (Å²) in [5.74, 6) is 1.35. The highest BCUT2D eigenvalue weighted by atomic mass is 32.2. The van der Waals surface area contributed by atoms with E-state index in [4.69, 9.17) is 0 Å². The van der Waals surface area contributed by atoms with Crippen LogP contribution < -0.4 is 5.32 Å². The number of nitrogens with zero attached hydrogens (tertiary/aromatic N) is 2. The van der Waals surface area contributed by atoms with E-state index < -0.39 is 0 Å². The number of aliphatic hydroxyl groups excluding tert-OH is 1. The van der Waals surface area contributed by atoms with Gasteiger partial charge in [-0.15, -0.1) is 0 Å². The van der Waals surface area contributed by atoms with Crippen LogP contribution in [0.4, 0.5) is 5.82 Å². The number of hydrogen-bond donors (Lipinski definition) is 2. The van der Waals surface area contributed by atoms with Crippen LogP contribution >= 0.6 is 11.8 Å². The Morgan fingerprint density at radius 2 is 2.31 bits per heavy atom. The van der Waals surface area contributed by atoms with Crippen molar-refractivity contribution >= 4 is 17.6 Å². The summed E-state index contributed by atoms with van der Waals surface area (Å²) in [5.41, 5.74) is 0.751. The molecule has 4 nitrogen and oxygen atoms in total. The van der Waals surface area contributed by atoms with Gasteiger partial charge in [-0.3, -0.25) is 0 Å². The Morgan fingerprint density at radius 3 is 2.88 bits per heavy atom. The quantitative estimate of drug-likeness (QED) is 0.590. The topological polar surface area (TPSA) is 58.0 Å². The summed E-state index contributed by atoms with van der Waals surface area (Å²) in [5, 5.41) is 13.2. The zero-order valence-corrected chi connectivity index (χ0v) is 10.8. The van der Waals surface area contributed by atoms with Crippen molar-refractivity contribution in [3.63, 3.8) is 0 Å². The molecule has 0 aromatic carbocycles. The van der Waals surface area contributed by atoms with Gasteiger partial charge in [-0.2, -0.15) is 0 Å². The minimum absolute atomic E-state index is 0.0303. The lowest BCUT2D eigenvalue weighted by Gasteiger charge is -2.13. The number of thioether (sulfide) groups is 1. The Labute approximate surface area is 101 Å². The molecule has 0 aliphatic heterocycles. The van der Waals surface area contributed by atoms with Crippen LogP contribution in [0.15, 0.2) is 11.4 Å². The maximum absolute atomic E-state index is 9.18. The molecule has 1 aromatic heterocycles. The van der Waals surface area contributed by atoms with Gasteiger partial charge >= 0.3 is 0 Å². The Morgan fingerprint density at radius 1 is 1.56 bits per heavy atom. The lowest BCUT2D eigenvalue weighted by atomic mass is 10.1. The number of nitrogens with one attached hydrogen (secondary N) is 1. The Bertz CT molecular complexity index is 333. The normalized spacial score (nSPS) is 12.5. The van der Waals surface area contributed by atoms with E-state index in [1.807, 2.05) is 6.26 Å². The molecule has 0 radical (unpaired) electrons. The highest BCUT2D eigenvalue weighted by Crippen LogP contribution is 2.17. The molecule has 1 heterocycles. The first-order chi connectivity index (χ1) is 7.71. The maximum atomic E-state index is 9.18. The van der Waals surface area contributed by atoms with Crippen molar-refractivity contribution < 1.29 is 5.11 Å². The van der Waals surface area contributed by atoms with Crippen LogP contribution in [0.1, 0.15) is 25.8 Å². The van der Waals surface area contributed by atoms with Gasteiger partial charge in [0.1, 0.15) is 5.82 Å². The molecule has 0 amide bonds. The van der Waals surface area contributed by atoms with Gasteiger partial charge in [0, 0.05) is 18.3 Å². The molecule has 1 rings (SSSR count). The van der Waals surface area contributed by atoms with E-state index in [9.17, 15) is 5.11 Å². The van der Waals surface area contributed by atoms with Crippen molar-refractivity contribution in [2.75, 3.05) is 18.1 Å². The van der Waals surface area contributed by atoms with Crippen LogP contribution in [0.5, 0.6) is 0 Å². The third kappa shape index (κ3) is 3.64. The summed E-state index contributed by atoms with van der Waals surface area (Å²) < 4.78 is 0. The van der Waals surface area contributed by atoms with Crippen LogP contribution in [-0.4, -0.2) is 27.9 Å². The minimum Gasteiger partial charge on any atom is -0.391 e. The van der Waals surface area contributed by atoms with E-state index in [0.717, 1.165) is 29.5 Å². The number of aromatic nitrogens is 2. The van der Waals surface area contributed by atoms with Crippen LogP contribution in [0.25, 0.3) is 0 Å². The van der Waals surface area contributed by atoms with Gasteiger partial charge < -0.3 is 10.4 Å². The van der Waals surface area contributed by atoms with E-state index in [1.165, 1.54) is 11.8 Å². The Hall–Kier alpha value is -0.810. The van der Waals surface area contributed by atoms with Crippen molar-refractivity contribution in [1.29, 1.82) is 0 Å². The van der Waals surface area contributed by atoms with Crippen molar-refractivity contribution in [2.45, 2.75) is 32.0 Å². The first-order valence-corrected chi connectivity index (χ1v) is 6.68. The van der Waals surface area contributed by atoms with E-state index in [1.54, 1.807) is 6.20 Å². The second-order valence-electron chi connectivity index (χ2n) is 3.78. The molecule has 90 valence electrons.